The summed E-state index contributed by atoms with van der Waals surface area (Å²) in [4.78, 5) is -0.457. The molecule has 11 heteroatoms. The van der Waals surface area contributed by atoms with Crippen LogP contribution in [0, 0.1) is 11.6 Å². The lowest BCUT2D eigenvalue weighted by Crippen LogP contribution is -2.14. The van der Waals surface area contributed by atoms with Crippen molar-refractivity contribution in [2.75, 3.05) is 0 Å². The van der Waals surface area contributed by atoms with Gasteiger partial charge in [-0.2, -0.15) is 21.6 Å². The minimum Gasteiger partial charge on any atom is -0.207 e. The highest BCUT2D eigenvalue weighted by Gasteiger charge is 2.31. The minimum absolute atomic E-state index is 0.180. The van der Waals surface area contributed by atoms with Gasteiger partial charge in [0.25, 0.3) is 10.0 Å². The van der Waals surface area contributed by atoms with Crippen LogP contribution in [0.1, 0.15) is 5.56 Å². The number of hydrogen-bond donors (Lipinski definition) is 0. The Morgan fingerprint density at radius 1 is 0.962 bits per heavy atom. The highest BCUT2D eigenvalue weighted by atomic mass is 32.2. The summed E-state index contributed by atoms with van der Waals surface area (Å²) in [6, 6.07) is 5.40. The van der Waals surface area contributed by atoms with E-state index in [1.54, 1.807) is 0 Å². The van der Waals surface area contributed by atoms with E-state index in [4.69, 9.17) is 0 Å². The molecule has 5 nitrogen and oxygen atoms in total. The fraction of sp³-hybridized carbons (Fsp3) is 0.0667. The summed E-state index contributed by atoms with van der Waals surface area (Å²) in [7, 11) is -4.33. The van der Waals surface area contributed by atoms with Crippen molar-refractivity contribution in [1.29, 1.82) is 0 Å². The van der Waals surface area contributed by atoms with E-state index in [0.717, 1.165) is 30.5 Å². The number of alkyl halides is 3. The second-order valence-electron chi connectivity index (χ2n) is 5.13. The maximum absolute atomic E-state index is 13.7. The zero-order chi connectivity index (χ0) is 19.1. The number of hydrogen-bond acceptors (Lipinski definition) is 4. The third-order valence-corrected chi connectivity index (χ3v) is 4.95. The van der Waals surface area contributed by atoms with Gasteiger partial charge in [0.2, 0.25) is 0 Å². The molecule has 136 valence electrons. The summed E-state index contributed by atoms with van der Waals surface area (Å²) in [5, 5.41) is 6.89. The molecule has 0 atom stereocenters. The molecule has 0 fully saturated rings. The molecule has 0 spiro atoms. The first-order valence-electron chi connectivity index (χ1n) is 6.89. The van der Waals surface area contributed by atoms with Gasteiger partial charge in [-0.15, -0.1) is 9.19 Å². The van der Waals surface area contributed by atoms with E-state index in [9.17, 15) is 30.4 Å². The van der Waals surface area contributed by atoms with Crippen LogP contribution >= 0.6 is 0 Å². The molecule has 0 aliphatic carbocycles. The minimum atomic E-state index is -4.61. The zero-order valence-corrected chi connectivity index (χ0v) is 13.4. The molecule has 0 bridgehead atoms. The van der Waals surface area contributed by atoms with Gasteiger partial charge in [-0.1, -0.05) is 5.21 Å². The predicted octanol–water partition coefficient (Wildman–Crippen LogP) is 3.48. The van der Waals surface area contributed by atoms with Crippen molar-refractivity contribution in [3.63, 3.8) is 0 Å². The van der Waals surface area contributed by atoms with Crippen LogP contribution in [-0.4, -0.2) is 22.8 Å². The molecular formula is C15H8F5N3O2S. The number of aromatic nitrogens is 3. The van der Waals surface area contributed by atoms with Crippen LogP contribution in [0.3, 0.4) is 0 Å². The highest BCUT2D eigenvalue weighted by Crippen LogP contribution is 2.30. The quantitative estimate of drug-likeness (QED) is 0.644. The summed E-state index contributed by atoms with van der Waals surface area (Å²) in [6.45, 7) is 0. The Balaban J connectivity index is 1.97. The maximum atomic E-state index is 13.7. The first-order chi connectivity index (χ1) is 12.1. The van der Waals surface area contributed by atoms with Gasteiger partial charge in [-0.25, -0.2) is 8.78 Å². The SMILES string of the molecule is O=S(=O)(c1ccc(C(F)(F)F)cc1)n1cc(-c2ccc(F)cc2F)nn1. The predicted molar refractivity (Wildman–Crippen MR) is 79.4 cm³/mol. The van der Waals surface area contributed by atoms with Gasteiger partial charge in [0.15, 0.2) is 0 Å². The topological polar surface area (TPSA) is 64.8 Å². The fourth-order valence-electron chi connectivity index (χ4n) is 2.11. The highest BCUT2D eigenvalue weighted by molar-refractivity contribution is 7.89. The smallest absolute Gasteiger partial charge is 0.207 e. The van der Waals surface area contributed by atoms with Crippen LogP contribution in [0.4, 0.5) is 22.0 Å². The second kappa shape index (κ2) is 6.16. The Morgan fingerprint density at radius 2 is 1.62 bits per heavy atom. The number of rotatable bonds is 3. The Hall–Kier alpha value is -2.82. The molecule has 0 aliphatic heterocycles. The molecule has 0 saturated heterocycles. The van der Waals surface area contributed by atoms with Crippen molar-refractivity contribution in [2.45, 2.75) is 11.1 Å². The Labute approximate surface area is 143 Å². The van der Waals surface area contributed by atoms with E-state index in [1.165, 1.54) is 0 Å². The third kappa shape index (κ3) is 3.29. The molecule has 3 rings (SSSR count). The average Bonchev–Trinajstić information content (AvgIpc) is 3.04. The summed E-state index contributed by atoms with van der Waals surface area (Å²) in [5.41, 5.74) is -1.37. The standard InChI is InChI=1S/C15H8F5N3O2S/c16-10-3-6-12(13(17)7-10)14-8-23(22-21-14)26(24,25)11-4-1-9(2-5-11)15(18,19)20/h1-8H. The fourth-order valence-corrected chi connectivity index (χ4v) is 3.18. The van der Waals surface area contributed by atoms with Crippen molar-refractivity contribution in [3.8, 4) is 11.3 Å². The van der Waals surface area contributed by atoms with E-state index in [2.05, 4.69) is 10.3 Å². The molecule has 0 aliphatic rings. The normalized spacial score (nSPS) is 12.3. The van der Waals surface area contributed by atoms with E-state index in [0.29, 0.717) is 22.3 Å². The maximum Gasteiger partial charge on any atom is 0.416 e. The molecule has 0 saturated carbocycles. The molecule has 1 heterocycles. The van der Waals surface area contributed by atoms with Crippen molar-refractivity contribution >= 4 is 10.0 Å². The van der Waals surface area contributed by atoms with Crippen LogP contribution in [0.2, 0.25) is 0 Å². The summed E-state index contributed by atoms with van der Waals surface area (Å²) >= 11 is 0. The molecule has 1 aromatic heterocycles. The Kier molecular flexibility index (Phi) is 4.26. The molecule has 26 heavy (non-hydrogen) atoms. The Bertz CT molecular complexity index is 1060. The molecule has 2 aromatic carbocycles. The summed E-state index contributed by atoms with van der Waals surface area (Å²) in [5.74, 6) is -1.79. The van der Waals surface area contributed by atoms with E-state index < -0.39 is 38.3 Å². The molecular weight excluding hydrogens is 381 g/mol. The molecule has 0 unspecified atom stereocenters. The van der Waals surface area contributed by atoms with Crippen LogP contribution in [-0.2, 0) is 16.2 Å². The van der Waals surface area contributed by atoms with Gasteiger partial charge < -0.3 is 0 Å². The van der Waals surface area contributed by atoms with Crippen LogP contribution in [0.25, 0.3) is 11.3 Å². The number of halogens is 5. The van der Waals surface area contributed by atoms with Gasteiger partial charge in [-0.3, -0.25) is 0 Å². The lowest BCUT2D eigenvalue weighted by Gasteiger charge is -2.08. The molecule has 0 radical (unpaired) electrons. The monoisotopic (exact) mass is 389 g/mol. The van der Waals surface area contributed by atoms with Crippen LogP contribution in [0.5, 0.6) is 0 Å². The largest absolute Gasteiger partial charge is 0.416 e. The molecule has 3 aromatic rings. The first-order valence-corrected chi connectivity index (χ1v) is 8.33. The third-order valence-electron chi connectivity index (χ3n) is 3.41. The second-order valence-corrected chi connectivity index (χ2v) is 6.92. The summed E-state index contributed by atoms with van der Waals surface area (Å²) in [6.07, 6.45) is -3.73. The van der Waals surface area contributed by atoms with Crippen LogP contribution < -0.4 is 0 Å². The van der Waals surface area contributed by atoms with E-state index in [-0.39, 0.29) is 11.3 Å². The zero-order valence-electron chi connectivity index (χ0n) is 12.6. The van der Waals surface area contributed by atoms with Crippen molar-refractivity contribution in [3.05, 3.63) is 65.9 Å². The molecule has 0 amide bonds. The van der Waals surface area contributed by atoms with Gasteiger partial charge in [0.05, 0.1) is 16.7 Å². The number of benzene rings is 2. The van der Waals surface area contributed by atoms with Gasteiger partial charge in [0, 0.05) is 11.6 Å². The van der Waals surface area contributed by atoms with Gasteiger partial charge in [-0.05, 0) is 36.4 Å². The Morgan fingerprint density at radius 3 is 2.19 bits per heavy atom. The van der Waals surface area contributed by atoms with Gasteiger partial charge >= 0.3 is 6.18 Å². The lowest BCUT2D eigenvalue weighted by atomic mass is 10.1. The molecule has 0 N–H and O–H groups in total. The summed E-state index contributed by atoms with van der Waals surface area (Å²) < 4.78 is 89.6. The van der Waals surface area contributed by atoms with Gasteiger partial charge in [0.1, 0.15) is 17.3 Å². The first kappa shape index (κ1) is 18.0. The van der Waals surface area contributed by atoms with Crippen molar-refractivity contribution in [1.82, 2.24) is 14.4 Å². The van der Waals surface area contributed by atoms with Crippen LogP contribution in [0.15, 0.2) is 53.6 Å². The average molecular weight is 389 g/mol. The van der Waals surface area contributed by atoms with E-state index in [1.807, 2.05) is 0 Å². The number of nitrogens with zero attached hydrogens (tertiary/aromatic N) is 3. The van der Waals surface area contributed by atoms with E-state index >= 15 is 0 Å². The van der Waals surface area contributed by atoms with Crippen molar-refractivity contribution in [2.24, 2.45) is 0 Å². The van der Waals surface area contributed by atoms with Crippen molar-refractivity contribution < 1.29 is 30.4 Å². The lowest BCUT2D eigenvalue weighted by molar-refractivity contribution is -0.137.